The van der Waals surface area contributed by atoms with Gasteiger partial charge in [-0.25, -0.2) is 9.59 Å². The summed E-state index contributed by atoms with van der Waals surface area (Å²) < 4.78 is 0. The van der Waals surface area contributed by atoms with Crippen molar-refractivity contribution in [2.75, 3.05) is 18.6 Å². The van der Waals surface area contributed by atoms with E-state index in [0.29, 0.717) is 18.7 Å². The number of amides is 2. The van der Waals surface area contributed by atoms with Crippen molar-refractivity contribution in [1.82, 2.24) is 10.6 Å². The molecule has 2 amide bonds. The van der Waals surface area contributed by atoms with Gasteiger partial charge < -0.3 is 15.7 Å². The molecule has 0 aliphatic heterocycles. The zero-order valence-corrected chi connectivity index (χ0v) is 14.1. The Bertz CT molecular complexity index is 461. The number of carboxylic acid groups (broad SMARTS) is 1. The van der Waals surface area contributed by atoms with E-state index in [1.807, 2.05) is 37.6 Å². The Morgan fingerprint density at radius 3 is 2.71 bits per heavy atom. The maximum absolute atomic E-state index is 11.8. The normalized spacial score (nSPS) is 12.7. The average molecular weight is 330 g/mol. The fourth-order valence-electron chi connectivity index (χ4n) is 1.75. The molecule has 1 rings (SSSR count). The van der Waals surface area contributed by atoms with Crippen LogP contribution in [0.3, 0.4) is 0 Å². The molecule has 0 saturated carbocycles. The number of thiophene rings is 1. The number of urea groups is 1. The van der Waals surface area contributed by atoms with Crippen LogP contribution in [0, 0.1) is 0 Å². The number of hydrogen-bond acceptors (Lipinski definition) is 4. The third-order valence-electron chi connectivity index (χ3n) is 3.09. The highest BCUT2D eigenvalue weighted by Gasteiger charge is 2.24. The molecule has 0 radical (unpaired) electrons. The van der Waals surface area contributed by atoms with Crippen molar-refractivity contribution in [2.45, 2.75) is 31.7 Å². The van der Waals surface area contributed by atoms with Gasteiger partial charge in [-0.15, -0.1) is 11.3 Å². The Hall–Kier alpha value is -1.21. The number of thioether (sulfide) groups is 1. The first-order valence-corrected chi connectivity index (χ1v) is 8.94. The molecule has 5 nitrogen and oxygen atoms in total. The number of aliphatic carboxylic acids is 1. The SMILES string of the molecule is CSCCC(NC(=O)NCC(C)(C)c1cccs1)C(=O)O. The van der Waals surface area contributed by atoms with Crippen molar-refractivity contribution >= 4 is 35.1 Å². The van der Waals surface area contributed by atoms with E-state index in [2.05, 4.69) is 10.6 Å². The summed E-state index contributed by atoms with van der Waals surface area (Å²) in [6, 6.07) is 2.73. The molecule has 21 heavy (non-hydrogen) atoms. The van der Waals surface area contributed by atoms with E-state index in [4.69, 9.17) is 5.11 Å². The first-order chi connectivity index (χ1) is 9.86. The monoisotopic (exact) mass is 330 g/mol. The van der Waals surface area contributed by atoms with Crippen molar-refractivity contribution < 1.29 is 14.7 Å². The molecular formula is C14H22N2O3S2. The van der Waals surface area contributed by atoms with Gasteiger partial charge >= 0.3 is 12.0 Å². The Labute approximate surface area is 133 Å². The van der Waals surface area contributed by atoms with Gasteiger partial charge in [0, 0.05) is 16.8 Å². The lowest BCUT2D eigenvalue weighted by atomic mass is 9.91. The summed E-state index contributed by atoms with van der Waals surface area (Å²) in [5, 5.41) is 16.3. The number of nitrogens with one attached hydrogen (secondary N) is 2. The predicted molar refractivity (Wildman–Crippen MR) is 88.3 cm³/mol. The van der Waals surface area contributed by atoms with Gasteiger partial charge in [-0.3, -0.25) is 0 Å². The first-order valence-electron chi connectivity index (χ1n) is 6.67. The van der Waals surface area contributed by atoms with E-state index in [9.17, 15) is 9.59 Å². The average Bonchev–Trinajstić information content (AvgIpc) is 2.96. The van der Waals surface area contributed by atoms with Crippen LogP contribution >= 0.6 is 23.1 Å². The molecule has 0 bridgehead atoms. The van der Waals surface area contributed by atoms with Gasteiger partial charge in [0.15, 0.2) is 0 Å². The molecule has 1 aromatic heterocycles. The van der Waals surface area contributed by atoms with Crippen LogP contribution in [0.1, 0.15) is 25.1 Å². The second-order valence-electron chi connectivity index (χ2n) is 5.36. The largest absolute Gasteiger partial charge is 0.480 e. The summed E-state index contributed by atoms with van der Waals surface area (Å²) in [6.45, 7) is 4.54. The number of hydrogen-bond donors (Lipinski definition) is 3. The fourth-order valence-corrected chi connectivity index (χ4v) is 3.08. The van der Waals surface area contributed by atoms with Gasteiger partial charge in [0.05, 0.1) is 0 Å². The van der Waals surface area contributed by atoms with Gasteiger partial charge in [-0.05, 0) is 29.9 Å². The molecule has 0 saturated heterocycles. The standard InChI is InChI=1S/C14H22N2O3S2/c1-14(2,11-5-4-7-21-11)9-15-13(19)16-10(12(17)18)6-8-20-3/h4-5,7,10H,6,8-9H2,1-3H3,(H,17,18)(H2,15,16,19). The molecule has 1 aromatic rings. The summed E-state index contributed by atoms with van der Waals surface area (Å²) in [6.07, 6.45) is 2.32. The lowest BCUT2D eigenvalue weighted by Gasteiger charge is -2.24. The van der Waals surface area contributed by atoms with Crippen LogP contribution in [0.4, 0.5) is 4.79 Å². The van der Waals surface area contributed by atoms with Gasteiger partial charge in [-0.1, -0.05) is 19.9 Å². The molecule has 1 heterocycles. The molecular weight excluding hydrogens is 308 g/mol. The molecule has 7 heteroatoms. The summed E-state index contributed by atoms with van der Waals surface area (Å²) in [7, 11) is 0. The summed E-state index contributed by atoms with van der Waals surface area (Å²) >= 11 is 3.20. The molecule has 0 aliphatic rings. The van der Waals surface area contributed by atoms with Crippen molar-refractivity contribution in [2.24, 2.45) is 0 Å². The highest BCUT2D eigenvalue weighted by molar-refractivity contribution is 7.98. The topological polar surface area (TPSA) is 78.4 Å². The summed E-state index contributed by atoms with van der Waals surface area (Å²) in [4.78, 5) is 24.1. The summed E-state index contributed by atoms with van der Waals surface area (Å²) in [5.41, 5.74) is -0.177. The minimum Gasteiger partial charge on any atom is -0.480 e. The van der Waals surface area contributed by atoms with Crippen molar-refractivity contribution in [3.8, 4) is 0 Å². The van der Waals surface area contributed by atoms with Gasteiger partial charge in [0.1, 0.15) is 6.04 Å². The predicted octanol–water partition coefficient (Wildman–Crippen LogP) is 2.53. The van der Waals surface area contributed by atoms with Crippen LogP contribution in [0.2, 0.25) is 0 Å². The van der Waals surface area contributed by atoms with E-state index in [-0.39, 0.29) is 5.41 Å². The van der Waals surface area contributed by atoms with E-state index >= 15 is 0 Å². The van der Waals surface area contributed by atoms with Crippen LogP contribution < -0.4 is 10.6 Å². The zero-order valence-electron chi connectivity index (χ0n) is 12.5. The minimum atomic E-state index is -1.00. The van der Waals surface area contributed by atoms with E-state index < -0.39 is 18.0 Å². The van der Waals surface area contributed by atoms with E-state index in [1.54, 1.807) is 23.1 Å². The second kappa shape index (κ2) is 8.29. The highest BCUT2D eigenvalue weighted by Crippen LogP contribution is 2.26. The second-order valence-corrected chi connectivity index (χ2v) is 7.29. The Kier molecular flexibility index (Phi) is 7.04. The molecule has 0 fully saturated rings. The van der Waals surface area contributed by atoms with Gasteiger partial charge in [-0.2, -0.15) is 11.8 Å². The Morgan fingerprint density at radius 2 is 2.19 bits per heavy atom. The molecule has 0 aliphatic carbocycles. The number of rotatable bonds is 8. The van der Waals surface area contributed by atoms with Crippen LogP contribution in [0.25, 0.3) is 0 Å². The van der Waals surface area contributed by atoms with E-state index in [0.717, 1.165) is 0 Å². The quantitative estimate of drug-likeness (QED) is 0.684. The Morgan fingerprint density at radius 1 is 1.48 bits per heavy atom. The molecule has 1 atom stereocenters. The van der Waals surface area contributed by atoms with Crippen LogP contribution in [0.15, 0.2) is 17.5 Å². The van der Waals surface area contributed by atoms with Crippen LogP contribution in [-0.2, 0) is 10.2 Å². The molecule has 0 aromatic carbocycles. The van der Waals surface area contributed by atoms with Crippen LogP contribution in [0.5, 0.6) is 0 Å². The zero-order chi connectivity index (χ0) is 15.9. The highest BCUT2D eigenvalue weighted by atomic mass is 32.2. The lowest BCUT2D eigenvalue weighted by molar-refractivity contribution is -0.139. The number of carbonyl (C=O) groups excluding carboxylic acids is 1. The molecule has 1 unspecified atom stereocenters. The first kappa shape index (κ1) is 17.8. The van der Waals surface area contributed by atoms with Crippen LogP contribution in [-0.4, -0.2) is 41.7 Å². The number of carboxylic acids is 1. The Balaban J connectivity index is 2.47. The minimum absolute atomic E-state index is 0.177. The molecule has 3 N–H and O–H groups in total. The fraction of sp³-hybridized carbons (Fsp3) is 0.571. The van der Waals surface area contributed by atoms with Crippen molar-refractivity contribution in [1.29, 1.82) is 0 Å². The summed E-state index contributed by atoms with van der Waals surface area (Å²) in [5.74, 6) is -0.311. The third kappa shape index (κ3) is 5.97. The van der Waals surface area contributed by atoms with Crippen molar-refractivity contribution in [3.05, 3.63) is 22.4 Å². The van der Waals surface area contributed by atoms with Gasteiger partial charge in [0.25, 0.3) is 0 Å². The smallest absolute Gasteiger partial charge is 0.326 e. The maximum Gasteiger partial charge on any atom is 0.326 e. The lowest BCUT2D eigenvalue weighted by Crippen LogP contribution is -2.48. The maximum atomic E-state index is 11.8. The molecule has 0 spiro atoms. The third-order valence-corrected chi connectivity index (χ3v) is 4.97. The van der Waals surface area contributed by atoms with E-state index in [1.165, 1.54) is 4.88 Å². The number of carbonyl (C=O) groups is 2. The van der Waals surface area contributed by atoms with Crippen molar-refractivity contribution in [3.63, 3.8) is 0 Å². The van der Waals surface area contributed by atoms with Gasteiger partial charge in [0.2, 0.25) is 0 Å². The molecule has 118 valence electrons.